The van der Waals surface area contributed by atoms with Gasteiger partial charge in [-0.1, -0.05) is 6.07 Å². The molecule has 0 bridgehead atoms. The Morgan fingerprint density at radius 3 is 2.85 bits per heavy atom. The zero-order valence-electron chi connectivity index (χ0n) is 7.59. The van der Waals surface area contributed by atoms with Crippen molar-refractivity contribution in [2.24, 2.45) is 0 Å². The van der Waals surface area contributed by atoms with Crippen LogP contribution in [0.1, 0.15) is 11.1 Å². The number of hydrogen-bond acceptors (Lipinski definition) is 2. The molecule has 0 spiro atoms. The molecule has 3 heteroatoms. The lowest BCUT2D eigenvalue weighted by Crippen LogP contribution is -2.05. The Kier molecular flexibility index (Phi) is 1.65. The van der Waals surface area contributed by atoms with Gasteiger partial charge in [-0.15, -0.1) is 0 Å². The van der Waals surface area contributed by atoms with Crippen molar-refractivity contribution in [3.8, 4) is 0 Å². The molecule has 3 nitrogen and oxygen atoms in total. The van der Waals surface area contributed by atoms with Crippen LogP contribution in [0.2, 0.25) is 0 Å². The minimum absolute atomic E-state index is 0.155. The van der Waals surface area contributed by atoms with Crippen LogP contribution >= 0.6 is 0 Å². The van der Waals surface area contributed by atoms with Crippen LogP contribution in [0.25, 0.3) is 11.0 Å². The molecule has 0 fully saturated rings. The average Bonchev–Trinajstić information content (AvgIpc) is 2.02. The highest BCUT2D eigenvalue weighted by Crippen LogP contribution is 2.14. The lowest BCUT2D eigenvalue weighted by Gasteiger charge is -2.01. The normalized spacial score (nSPS) is 10.6. The summed E-state index contributed by atoms with van der Waals surface area (Å²) in [6.45, 7) is 3.98. The summed E-state index contributed by atoms with van der Waals surface area (Å²) in [5.41, 5.74) is 3.74. The topological polar surface area (TPSA) is 45.8 Å². The van der Waals surface area contributed by atoms with Gasteiger partial charge in [-0.25, -0.2) is 4.98 Å². The second-order valence-corrected chi connectivity index (χ2v) is 3.23. The summed E-state index contributed by atoms with van der Waals surface area (Å²) in [7, 11) is 0. The van der Waals surface area contributed by atoms with E-state index in [9.17, 15) is 4.79 Å². The SMILES string of the molecule is Cc1cc(C)c2ncc(=O)[nH]c2c1. The second kappa shape index (κ2) is 2.69. The number of H-pyrrole nitrogens is 1. The van der Waals surface area contributed by atoms with E-state index in [0.717, 1.165) is 22.2 Å². The molecular formula is C10H10N2O. The van der Waals surface area contributed by atoms with Gasteiger partial charge in [0.05, 0.1) is 17.2 Å². The molecular weight excluding hydrogens is 164 g/mol. The third kappa shape index (κ3) is 1.33. The highest BCUT2D eigenvalue weighted by Gasteiger charge is 1.99. The molecule has 0 saturated heterocycles. The molecule has 13 heavy (non-hydrogen) atoms. The first-order valence-corrected chi connectivity index (χ1v) is 4.13. The third-order valence-corrected chi connectivity index (χ3v) is 2.01. The van der Waals surface area contributed by atoms with Gasteiger partial charge in [-0.05, 0) is 31.0 Å². The van der Waals surface area contributed by atoms with Gasteiger partial charge in [0.2, 0.25) is 0 Å². The Bertz CT molecular complexity index is 514. The zero-order chi connectivity index (χ0) is 9.42. The van der Waals surface area contributed by atoms with Crippen molar-refractivity contribution in [2.75, 3.05) is 0 Å². The summed E-state index contributed by atoms with van der Waals surface area (Å²) < 4.78 is 0. The van der Waals surface area contributed by atoms with E-state index in [0.29, 0.717) is 0 Å². The van der Waals surface area contributed by atoms with Crippen molar-refractivity contribution in [2.45, 2.75) is 13.8 Å². The first-order chi connectivity index (χ1) is 6.16. The minimum Gasteiger partial charge on any atom is -0.319 e. The van der Waals surface area contributed by atoms with Crippen molar-refractivity contribution in [3.05, 3.63) is 39.8 Å². The Labute approximate surface area is 75.4 Å². The van der Waals surface area contributed by atoms with E-state index in [1.165, 1.54) is 6.20 Å². The summed E-state index contributed by atoms with van der Waals surface area (Å²) in [6, 6.07) is 3.98. The maximum atomic E-state index is 11.0. The number of nitrogens with one attached hydrogen (secondary N) is 1. The summed E-state index contributed by atoms with van der Waals surface area (Å²) in [6.07, 6.45) is 1.31. The smallest absolute Gasteiger partial charge is 0.266 e. The fourth-order valence-corrected chi connectivity index (χ4v) is 1.51. The van der Waals surface area contributed by atoms with Crippen LogP contribution in [0, 0.1) is 13.8 Å². The summed E-state index contributed by atoms with van der Waals surface area (Å²) in [5.74, 6) is 0. The number of fused-ring (bicyclic) bond motifs is 1. The average molecular weight is 174 g/mol. The third-order valence-electron chi connectivity index (χ3n) is 2.01. The Morgan fingerprint density at radius 1 is 1.31 bits per heavy atom. The number of hydrogen-bond donors (Lipinski definition) is 1. The molecule has 1 N–H and O–H groups in total. The molecule has 0 radical (unpaired) electrons. The van der Waals surface area contributed by atoms with Crippen LogP contribution in [-0.4, -0.2) is 9.97 Å². The molecule has 2 aromatic rings. The lowest BCUT2D eigenvalue weighted by molar-refractivity contribution is 1.20. The van der Waals surface area contributed by atoms with Crippen LogP contribution in [0.4, 0.5) is 0 Å². The monoisotopic (exact) mass is 174 g/mol. The molecule has 0 saturated carbocycles. The quantitative estimate of drug-likeness (QED) is 0.658. The number of aryl methyl sites for hydroxylation is 2. The van der Waals surface area contributed by atoms with Crippen LogP contribution < -0.4 is 5.56 Å². The van der Waals surface area contributed by atoms with Gasteiger partial charge in [0.25, 0.3) is 5.56 Å². The van der Waals surface area contributed by atoms with E-state index in [2.05, 4.69) is 9.97 Å². The minimum atomic E-state index is -0.155. The fraction of sp³-hybridized carbons (Fsp3) is 0.200. The van der Waals surface area contributed by atoms with E-state index in [1.807, 2.05) is 26.0 Å². The van der Waals surface area contributed by atoms with Crippen molar-refractivity contribution in [3.63, 3.8) is 0 Å². The van der Waals surface area contributed by atoms with Gasteiger partial charge in [-0.2, -0.15) is 0 Å². The second-order valence-electron chi connectivity index (χ2n) is 3.23. The standard InChI is InChI=1S/C10H10N2O/c1-6-3-7(2)10-8(4-6)12-9(13)5-11-10/h3-5H,1-2H3,(H,12,13). The first kappa shape index (κ1) is 7.98. The van der Waals surface area contributed by atoms with Gasteiger partial charge in [0.15, 0.2) is 0 Å². The predicted octanol–water partition coefficient (Wildman–Crippen LogP) is 1.54. The molecule has 1 heterocycles. The van der Waals surface area contributed by atoms with E-state index in [-0.39, 0.29) is 5.56 Å². The highest BCUT2D eigenvalue weighted by molar-refractivity contribution is 5.78. The number of benzene rings is 1. The summed E-state index contributed by atoms with van der Waals surface area (Å²) in [4.78, 5) is 17.8. The summed E-state index contributed by atoms with van der Waals surface area (Å²) >= 11 is 0. The molecule has 66 valence electrons. The van der Waals surface area contributed by atoms with Crippen molar-refractivity contribution >= 4 is 11.0 Å². The number of aromatic nitrogens is 2. The van der Waals surface area contributed by atoms with E-state index in [4.69, 9.17) is 0 Å². The van der Waals surface area contributed by atoms with Gasteiger partial charge >= 0.3 is 0 Å². The van der Waals surface area contributed by atoms with Crippen molar-refractivity contribution < 1.29 is 0 Å². The Hall–Kier alpha value is -1.64. The van der Waals surface area contributed by atoms with Crippen LogP contribution in [0.15, 0.2) is 23.1 Å². The Morgan fingerprint density at radius 2 is 2.08 bits per heavy atom. The molecule has 0 aliphatic heterocycles. The Balaban J connectivity index is 2.94. The molecule has 0 amide bonds. The van der Waals surface area contributed by atoms with Gasteiger partial charge in [0, 0.05) is 0 Å². The van der Waals surface area contributed by atoms with Crippen molar-refractivity contribution in [1.82, 2.24) is 9.97 Å². The van der Waals surface area contributed by atoms with Crippen LogP contribution in [0.3, 0.4) is 0 Å². The molecule has 1 aromatic heterocycles. The molecule has 0 aliphatic rings. The van der Waals surface area contributed by atoms with Crippen molar-refractivity contribution in [1.29, 1.82) is 0 Å². The molecule has 2 rings (SSSR count). The number of aromatic amines is 1. The van der Waals surface area contributed by atoms with Crippen LogP contribution in [0.5, 0.6) is 0 Å². The fourth-order valence-electron chi connectivity index (χ4n) is 1.51. The maximum absolute atomic E-state index is 11.0. The van der Waals surface area contributed by atoms with Gasteiger partial charge in [-0.3, -0.25) is 4.79 Å². The largest absolute Gasteiger partial charge is 0.319 e. The molecule has 0 unspecified atom stereocenters. The first-order valence-electron chi connectivity index (χ1n) is 4.13. The molecule has 0 atom stereocenters. The van der Waals surface area contributed by atoms with Gasteiger partial charge in [0.1, 0.15) is 0 Å². The molecule has 1 aromatic carbocycles. The number of rotatable bonds is 0. The summed E-state index contributed by atoms with van der Waals surface area (Å²) in [5, 5.41) is 0. The van der Waals surface area contributed by atoms with Gasteiger partial charge < -0.3 is 4.98 Å². The maximum Gasteiger partial charge on any atom is 0.266 e. The van der Waals surface area contributed by atoms with E-state index < -0.39 is 0 Å². The van der Waals surface area contributed by atoms with Crippen LogP contribution in [-0.2, 0) is 0 Å². The highest BCUT2D eigenvalue weighted by atomic mass is 16.1. The zero-order valence-corrected chi connectivity index (χ0v) is 7.59. The van der Waals surface area contributed by atoms with E-state index in [1.54, 1.807) is 0 Å². The number of nitrogens with zero attached hydrogens (tertiary/aromatic N) is 1. The molecule has 0 aliphatic carbocycles. The van der Waals surface area contributed by atoms with E-state index >= 15 is 0 Å². The predicted molar refractivity (Wildman–Crippen MR) is 51.8 cm³/mol. The lowest BCUT2D eigenvalue weighted by atomic mass is 10.1.